The molecule has 0 spiro atoms. The van der Waals surface area contributed by atoms with Crippen LogP contribution >= 0.6 is 10.7 Å². The lowest BCUT2D eigenvalue weighted by atomic mass is 10.0. The molecule has 0 aromatic heterocycles. The van der Waals surface area contributed by atoms with Crippen molar-refractivity contribution in [2.45, 2.75) is 36.0 Å². The molecule has 1 unspecified atom stereocenters. The third kappa shape index (κ3) is 3.97. The maximum atomic E-state index is 12.6. The molecular weight excluding hydrogens is 334 g/mol. The van der Waals surface area contributed by atoms with Gasteiger partial charge in [-0.15, -0.1) is 0 Å². The third-order valence-corrected chi connectivity index (χ3v) is 6.95. The van der Waals surface area contributed by atoms with Crippen LogP contribution in [0.25, 0.3) is 0 Å². The minimum Gasteiger partial charge on any atom is -0.207 e. The number of halogens is 1. The van der Waals surface area contributed by atoms with Gasteiger partial charge >= 0.3 is 0 Å². The van der Waals surface area contributed by atoms with Crippen molar-refractivity contribution in [1.29, 1.82) is 0 Å². The highest BCUT2D eigenvalue weighted by molar-refractivity contribution is 8.13. The molecule has 1 heterocycles. The highest BCUT2D eigenvalue weighted by atomic mass is 35.7. The van der Waals surface area contributed by atoms with Gasteiger partial charge in [-0.1, -0.05) is 13.0 Å². The van der Waals surface area contributed by atoms with Crippen LogP contribution in [0.2, 0.25) is 0 Å². The summed E-state index contributed by atoms with van der Waals surface area (Å²) in [5, 5.41) is 0. The van der Waals surface area contributed by atoms with Gasteiger partial charge in [0.2, 0.25) is 10.0 Å². The molecule has 1 aliphatic rings. The van der Waals surface area contributed by atoms with Crippen LogP contribution in [-0.4, -0.2) is 34.2 Å². The second-order valence-corrected chi connectivity index (χ2v) is 9.86. The highest BCUT2D eigenvalue weighted by Gasteiger charge is 2.27. The lowest BCUT2D eigenvalue weighted by Crippen LogP contribution is -2.32. The summed E-state index contributed by atoms with van der Waals surface area (Å²) < 4.78 is 49.3. The van der Waals surface area contributed by atoms with E-state index in [1.54, 1.807) is 0 Å². The Labute approximate surface area is 130 Å². The summed E-state index contributed by atoms with van der Waals surface area (Å²) in [7, 11) is -2.35. The molecule has 0 bridgehead atoms. The summed E-state index contributed by atoms with van der Waals surface area (Å²) in [4.78, 5) is -0.229. The third-order valence-electron chi connectivity index (χ3n) is 3.70. The van der Waals surface area contributed by atoms with Gasteiger partial charge in [0.15, 0.2) is 0 Å². The zero-order valence-electron chi connectivity index (χ0n) is 11.7. The van der Waals surface area contributed by atoms with Crippen molar-refractivity contribution in [2.75, 3.05) is 13.1 Å². The lowest BCUT2D eigenvalue weighted by molar-refractivity contribution is 0.416. The number of benzene rings is 1. The highest BCUT2D eigenvalue weighted by Crippen LogP contribution is 2.25. The van der Waals surface area contributed by atoms with E-state index in [4.69, 9.17) is 10.7 Å². The van der Waals surface area contributed by atoms with Crippen molar-refractivity contribution in [3.8, 4) is 0 Å². The van der Waals surface area contributed by atoms with E-state index in [1.165, 1.54) is 22.5 Å². The standard InChI is InChI=1S/C13H18ClNO4S2/c1-11-4-3-8-15(9-7-11)21(18,19)13-6-2-5-12(10-13)20(14,16)17/h2,5-6,10-11H,3-4,7-9H2,1H3. The van der Waals surface area contributed by atoms with Gasteiger partial charge in [-0.3, -0.25) is 0 Å². The second kappa shape index (κ2) is 6.24. The van der Waals surface area contributed by atoms with Gasteiger partial charge in [0, 0.05) is 23.8 Å². The molecule has 0 saturated carbocycles. The molecule has 0 radical (unpaired) electrons. The Morgan fingerprint density at radius 2 is 1.76 bits per heavy atom. The maximum Gasteiger partial charge on any atom is 0.261 e. The topological polar surface area (TPSA) is 71.5 Å². The molecular formula is C13H18ClNO4S2. The number of hydrogen-bond acceptors (Lipinski definition) is 4. The molecule has 118 valence electrons. The van der Waals surface area contributed by atoms with Crippen molar-refractivity contribution < 1.29 is 16.8 Å². The quantitative estimate of drug-likeness (QED) is 0.784. The molecule has 1 aromatic rings. The summed E-state index contributed by atoms with van der Waals surface area (Å²) in [6, 6.07) is 5.19. The van der Waals surface area contributed by atoms with Crippen molar-refractivity contribution in [1.82, 2.24) is 4.31 Å². The molecule has 1 aromatic carbocycles. The predicted octanol–water partition coefficient (Wildman–Crippen LogP) is 2.42. The summed E-state index contributed by atoms with van der Waals surface area (Å²) >= 11 is 0. The average molecular weight is 352 g/mol. The van der Waals surface area contributed by atoms with Gasteiger partial charge < -0.3 is 0 Å². The first-order valence-corrected chi connectivity index (χ1v) is 10.5. The van der Waals surface area contributed by atoms with Gasteiger partial charge in [0.05, 0.1) is 9.79 Å². The van der Waals surface area contributed by atoms with Gasteiger partial charge in [-0.25, -0.2) is 16.8 Å². The molecule has 0 aliphatic carbocycles. The van der Waals surface area contributed by atoms with Gasteiger partial charge in [-0.2, -0.15) is 4.31 Å². The Morgan fingerprint density at radius 1 is 1.10 bits per heavy atom. The van der Waals surface area contributed by atoms with Crippen LogP contribution in [-0.2, 0) is 19.1 Å². The fourth-order valence-electron chi connectivity index (χ4n) is 2.41. The summed E-state index contributed by atoms with van der Waals surface area (Å²) in [6.45, 7) is 3.03. The number of nitrogens with zero attached hydrogens (tertiary/aromatic N) is 1. The summed E-state index contributed by atoms with van der Waals surface area (Å²) in [5.41, 5.74) is 0. The van der Waals surface area contributed by atoms with Crippen molar-refractivity contribution >= 4 is 29.8 Å². The second-order valence-electron chi connectivity index (χ2n) is 5.35. The van der Waals surface area contributed by atoms with Crippen LogP contribution in [0.15, 0.2) is 34.1 Å². The Kier molecular flexibility index (Phi) is 4.97. The van der Waals surface area contributed by atoms with Crippen LogP contribution in [0.5, 0.6) is 0 Å². The maximum absolute atomic E-state index is 12.6. The van der Waals surface area contributed by atoms with Crippen LogP contribution in [0, 0.1) is 5.92 Å². The molecule has 0 amide bonds. The van der Waals surface area contributed by atoms with Gasteiger partial charge in [-0.05, 0) is 43.4 Å². The van der Waals surface area contributed by atoms with Crippen LogP contribution in [0.1, 0.15) is 26.2 Å². The molecule has 5 nitrogen and oxygen atoms in total. The molecule has 1 aliphatic heterocycles. The van der Waals surface area contributed by atoms with E-state index < -0.39 is 19.1 Å². The Hall–Kier alpha value is -0.630. The van der Waals surface area contributed by atoms with Crippen molar-refractivity contribution in [2.24, 2.45) is 5.92 Å². The van der Waals surface area contributed by atoms with E-state index >= 15 is 0 Å². The largest absolute Gasteiger partial charge is 0.261 e. The van der Waals surface area contributed by atoms with E-state index in [0.29, 0.717) is 19.0 Å². The Bertz CT molecular complexity index is 715. The fourth-order valence-corrected chi connectivity index (χ4v) is 4.82. The van der Waals surface area contributed by atoms with E-state index in [-0.39, 0.29) is 9.79 Å². The van der Waals surface area contributed by atoms with Gasteiger partial charge in [0.25, 0.3) is 9.05 Å². The van der Waals surface area contributed by atoms with E-state index in [9.17, 15) is 16.8 Å². The number of rotatable bonds is 3. The van der Waals surface area contributed by atoms with Crippen molar-refractivity contribution in [3.05, 3.63) is 24.3 Å². The number of sulfonamides is 1. The van der Waals surface area contributed by atoms with Crippen LogP contribution in [0.3, 0.4) is 0 Å². The average Bonchev–Trinajstić information content (AvgIpc) is 2.63. The fraction of sp³-hybridized carbons (Fsp3) is 0.538. The lowest BCUT2D eigenvalue weighted by Gasteiger charge is -2.20. The molecule has 1 fully saturated rings. The first-order valence-electron chi connectivity index (χ1n) is 6.76. The first kappa shape index (κ1) is 16.7. The monoisotopic (exact) mass is 351 g/mol. The first-order chi connectivity index (χ1) is 9.71. The Morgan fingerprint density at radius 3 is 2.43 bits per heavy atom. The van der Waals surface area contributed by atoms with Crippen LogP contribution in [0.4, 0.5) is 0 Å². The molecule has 1 saturated heterocycles. The van der Waals surface area contributed by atoms with E-state index in [2.05, 4.69) is 6.92 Å². The SMILES string of the molecule is CC1CCCN(S(=O)(=O)c2cccc(S(=O)(=O)Cl)c2)CC1. The smallest absolute Gasteiger partial charge is 0.207 e. The molecule has 0 N–H and O–H groups in total. The summed E-state index contributed by atoms with van der Waals surface area (Å²) in [6.07, 6.45) is 2.63. The normalized spacial score (nSPS) is 21.9. The molecule has 1 atom stereocenters. The van der Waals surface area contributed by atoms with Crippen molar-refractivity contribution in [3.63, 3.8) is 0 Å². The number of hydrogen-bond donors (Lipinski definition) is 0. The zero-order valence-corrected chi connectivity index (χ0v) is 14.1. The summed E-state index contributed by atoms with van der Waals surface area (Å²) in [5.74, 6) is 0.500. The molecule has 21 heavy (non-hydrogen) atoms. The molecule has 8 heteroatoms. The minimum absolute atomic E-state index is 0.0289. The minimum atomic E-state index is -3.94. The van der Waals surface area contributed by atoms with Gasteiger partial charge in [0.1, 0.15) is 0 Å². The van der Waals surface area contributed by atoms with E-state index in [1.807, 2.05) is 0 Å². The van der Waals surface area contributed by atoms with E-state index in [0.717, 1.165) is 25.3 Å². The predicted molar refractivity (Wildman–Crippen MR) is 81.3 cm³/mol. The zero-order chi connectivity index (χ0) is 15.7. The molecule has 2 rings (SSSR count). The van der Waals surface area contributed by atoms with Crippen LogP contribution < -0.4 is 0 Å². The Balaban J connectivity index is 2.35.